The third-order valence-electron chi connectivity index (χ3n) is 13.1. The Labute approximate surface area is 316 Å². The summed E-state index contributed by atoms with van der Waals surface area (Å²) in [4.78, 5) is 62.3. The lowest BCUT2D eigenvalue weighted by Gasteiger charge is -2.56. The number of ether oxygens (including phenoxy) is 1. The smallest absolute Gasteiger partial charge is 0.328 e. The van der Waals surface area contributed by atoms with Crippen LogP contribution in [0.25, 0.3) is 10.9 Å². The topological polar surface area (TPSA) is 115 Å². The Bertz CT molecular complexity index is 1810. The van der Waals surface area contributed by atoms with Crippen molar-refractivity contribution in [3.8, 4) is 0 Å². The van der Waals surface area contributed by atoms with Gasteiger partial charge < -0.3 is 24.8 Å². The van der Waals surface area contributed by atoms with Crippen molar-refractivity contribution in [2.75, 3.05) is 52.3 Å². The van der Waals surface area contributed by atoms with Gasteiger partial charge in [-0.25, -0.2) is 4.79 Å². The van der Waals surface area contributed by atoms with Crippen LogP contribution >= 0.6 is 11.6 Å². The van der Waals surface area contributed by atoms with Gasteiger partial charge in [-0.15, -0.1) is 11.6 Å². The Morgan fingerprint density at radius 3 is 2.25 bits per heavy atom. The number of unbranched alkanes of at least 4 members (excludes halogenated alkanes) is 1. The largest absolute Gasteiger partial charge is 0.467 e. The number of halogens is 1. The molecule has 11 heteroatoms. The van der Waals surface area contributed by atoms with E-state index in [0.717, 1.165) is 90.9 Å². The van der Waals surface area contributed by atoms with Gasteiger partial charge in [-0.2, -0.15) is 0 Å². The van der Waals surface area contributed by atoms with Crippen molar-refractivity contribution in [1.29, 1.82) is 0 Å². The van der Waals surface area contributed by atoms with Crippen molar-refractivity contribution in [2.45, 2.75) is 76.3 Å². The lowest BCUT2D eigenvalue weighted by molar-refractivity contribution is -0.154. The SMILES string of the molecule is COC(=O)[C@H]1Cc2c([nH]c3ccccc23)[C@H](c2ccc(C(=O)N3CCN(CCCCNC(=O)CC45CC6CC(CC(C6)C4)C5)CC3)cc2)N1C(=O)CCl. The number of H-pyrrole nitrogens is 1. The second-order valence-electron chi connectivity index (χ2n) is 16.6. The van der Waals surface area contributed by atoms with E-state index in [2.05, 4.69) is 15.2 Å². The molecule has 2 atom stereocenters. The van der Waals surface area contributed by atoms with Crippen LogP contribution in [-0.2, 0) is 25.5 Å². The number of aromatic amines is 1. The highest BCUT2D eigenvalue weighted by Gasteiger charge is 2.51. The third-order valence-corrected chi connectivity index (χ3v) is 13.3. The van der Waals surface area contributed by atoms with Crippen LogP contribution in [0, 0.1) is 23.2 Å². The Morgan fingerprint density at radius 2 is 1.58 bits per heavy atom. The maximum Gasteiger partial charge on any atom is 0.328 e. The number of esters is 1. The van der Waals surface area contributed by atoms with Gasteiger partial charge in [0.2, 0.25) is 11.8 Å². The summed E-state index contributed by atoms with van der Waals surface area (Å²) >= 11 is 6.10. The predicted octanol–water partition coefficient (Wildman–Crippen LogP) is 5.68. The number of rotatable bonds is 11. The number of fused-ring (bicyclic) bond motifs is 3. The van der Waals surface area contributed by atoms with Gasteiger partial charge in [-0.05, 0) is 110 Å². The number of para-hydroxylation sites is 1. The number of amides is 3. The van der Waals surface area contributed by atoms with Gasteiger partial charge in [0, 0.05) is 67.7 Å². The quantitative estimate of drug-likeness (QED) is 0.149. The van der Waals surface area contributed by atoms with E-state index in [-0.39, 0.29) is 29.0 Å². The van der Waals surface area contributed by atoms with Crippen molar-refractivity contribution < 1.29 is 23.9 Å². The fraction of sp³-hybridized carbons (Fsp3) is 0.571. The molecule has 2 aromatic carbocycles. The number of nitrogens with zero attached hydrogens (tertiary/aromatic N) is 3. The summed E-state index contributed by atoms with van der Waals surface area (Å²) in [5.41, 5.74) is 4.37. The maximum absolute atomic E-state index is 13.6. The summed E-state index contributed by atoms with van der Waals surface area (Å²) in [6.07, 6.45) is 11.1. The van der Waals surface area contributed by atoms with E-state index < -0.39 is 18.1 Å². The number of aromatic nitrogens is 1. The van der Waals surface area contributed by atoms with Gasteiger partial charge in [0.05, 0.1) is 13.2 Å². The molecule has 5 fully saturated rings. The molecule has 3 heterocycles. The standard InChI is InChI=1S/C42H52ClN5O5/c1-53-41(52)35-21-33-32-6-2-3-7-34(32)45-38(33)39(48(35)37(50)26-43)30-8-10-31(11-9-30)40(51)47-16-14-46(15-17-47)13-5-4-12-44-36(49)25-42-22-27-18-28(23-42)20-29(19-27)24-42/h2-3,6-11,27-29,35,39,45H,4-5,12-26H2,1H3,(H,44,49)/t27?,28?,29?,35-,39+,42?/m1/s1. The first kappa shape index (κ1) is 36.1. The molecule has 3 amide bonds. The number of carbonyl (C=O) groups excluding carboxylic acids is 4. The van der Waals surface area contributed by atoms with Crippen LogP contribution in [0.15, 0.2) is 48.5 Å². The normalized spacial score (nSPS) is 27.8. The average molecular weight is 742 g/mol. The molecule has 4 bridgehead atoms. The molecule has 9 rings (SSSR count). The van der Waals surface area contributed by atoms with Crippen LogP contribution in [0.2, 0.25) is 0 Å². The molecule has 6 aliphatic rings. The highest BCUT2D eigenvalue weighted by Crippen LogP contribution is 2.61. The van der Waals surface area contributed by atoms with Crippen molar-refractivity contribution in [3.05, 3.63) is 70.9 Å². The molecule has 10 nitrogen and oxygen atoms in total. The molecule has 282 valence electrons. The third kappa shape index (κ3) is 7.21. The Kier molecular flexibility index (Phi) is 10.3. The lowest BCUT2D eigenvalue weighted by Crippen LogP contribution is -2.52. The first-order valence-corrected chi connectivity index (χ1v) is 20.2. The zero-order valence-electron chi connectivity index (χ0n) is 30.8. The highest BCUT2D eigenvalue weighted by molar-refractivity contribution is 6.27. The molecule has 3 aromatic rings. The van der Waals surface area contributed by atoms with Crippen LogP contribution in [0.3, 0.4) is 0 Å². The van der Waals surface area contributed by atoms with Crippen LogP contribution in [0.1, 0.15) is 91.0 Å². The average Bonchev–Trinajstić information content (AvgIpc) is 3.54. The zero-order chi connectivity index (χ0) is 36.7. The molecule has 1 aromatic heterocycles. The molecule has 1 saturated heterocycles. The monoisotopic (exact) mass is 741 g/mol. The van der Waals surface area contributed by atoms with Crippen LogP contribution < -0.4 is 5.32 Å². The summed E-state index contributed by atoms with van der Waals surface area (Å²) in [5, 5.41) is 4.23. The first-order valence-electron chi connectivity index (χ1n) is 19.7. The maximum atomic E-state index is 13.6. The summed E-state index contributed by atoms with van der Waals surface area (Å²) < 4.78 is 5.15. The molecule has 2 N–H and O–H groups in total. The van der Waals surface area contributed by atoms with E-state index in [4.69, 9.17) is 16.3 Å². The molecule has 0 spiro atoms. The summed E-state index contributed by atoms with van der Waals surface area (Å²) in [7, 11) is 1.33. The molecule has 4 saturated carbocycles. The number of hydrogen-bond acceptors (Lipinski definition) is 6. The Balaban J connectivity index is 0.841. The number of methoxy groups -OCH3 is 1. The number of nitrogens with one attached hydrogen (secondary N) is 2. The number of carbonyl (C=O) groups is 4. The Morgan fingerprint density at radius 1 is 0.906 bits per heavy atom. The molecular formula is C42H52ClN5O5. The lowest BCUT2D eigenvalue weighted by atomic mass is 9.49. The minimum absolute atomic E-state index is 0.0194. The summed E-state index contributed by atoms with van der Waals surface area (Å²) in [6, 6.07) is 13.8. The first-order chi connectivity index (χ1) is 25.7. The van der Waals surface area contributed by atoms with E-state index in [0.29, 0.717) is 25.1 Å². The fourth-order valence-electron chi connectivity index (χ4n) is 11.1. The van der Waals surface area contributed by atoms with Crippen molar-refractivity contribution in [2.24, 2.45) is 23.2 Å². The van der Waals surface area contributed by atoms with E-state index >= 15 is 0 Å². The molecule has 4 aliphatic carbocycles. The fourth-order valence-corrected chi connectivity index (χ4v) is 11.2. The molecular weight excluding hydrogens is 690 g/mol. The van der Waals surface area contributed by atoms with Gasteiger partial charge in [0.15, 0.2) is 0 Å². The molecule has 0 unspecified atom stereocenters. The summed E-state index contributed by atoms with van der Waals surface area (Å²) in [6.45, 7) is 4.65. The molecule has 53 heavy (non-hydrogen) atoms. The summed E-state index contributed by atoms with van der Waals surface area (Å²) in [5.74, 6) is 1.70. The number of alkyl halides is 1. The number of benzene rings is 2. The minimum Gasteiger partial charge on any atom is -0.467 e. The van der Waals surface area contributed by atoms with Gasteiger partial charge in [-0.1, -0.05) is 30.3 Å². The second kappa shape index (κ2) is 15.1. The van der Waals surface area contributed by atoms with E-state index in [1.54, 1.807) is 0 Å². The van der Waals surface area contributed by atoms with Gasteiger partial charge in [0.25, 0.3) is 5.91 Å². The van der Waals surface area contributed by atoms with Crippen LogP contribution in [0.5, 0.6) is 0 Å². The molecule has 2 aliphatic heterocycles. The number of hydrogen-bond donors (Lipinski definition) is 2. The van der Waals surface area contributed by atoms with E-state index in [1.165, 1.54) is 50.5 Å². The highest BCUT2D eigenvalue weighted by atomic mass is 35.5. The molecule has 0 radical (unpaired) electrons. The van der Waals surface area contributed by atoms with Crippen LogP contribution in [-0.4, -0.2) is 102 Å². The van der Waals surface area contributed by atoms with Crippen molar-refractivity contribution >= 4 is 46.2 Å². The van der Waals surface area contributed by atoms with E-state index in [9.17, 15) is 19.2 Å². The van der Waals surface area contributed by atoms with Gasteiger partial charge in [0.1, 0.15) is 11.9 Å². The second-order valence-corrected chi connectivity index (χ2v) is 16.8. The predicted molar refractivity (Wildman–Crippen MR) is 203 cm³/mol. The zero-order valence-corrected chi connectivity index (χ0v) is 31.5. The number of piperazine rings is 1. The minimum atomic E-state index is -0.838. The van der Waals surface area contributed by atoms with Gasteiger partial charge >= 0.3 is 5.97 Å². The Hall–Kier alpha value is -3.89. The van der Waals surface area contributed by atoms with E-state index in [1.807, 2.05) is 53.4 Å². The van der Waals surface area contributed by atoms with Gasteiger partial charge in [-0.3, -0.25) is 19.3 Å². The van der Waals surface area contributed by atoms with Crippen molar-refractivity contribution in [3.63, 3.8) is 0 Å². The van der Waals surface area contributed by atoms with Crippen LogP contribution in [0.4, 0.5) is 0 Å². The van der Waals surface area contributed by atoms with Crippen molar-refractivity contribution in [1.82, 2.24) is 25.0 Å².